The van der Waals surface area contributed by atoms with Crippen molar-refractivity contribution in [2.45, 2.75) is 26.4 Å². The van der Waals surface area contributed by atoms with Crippen LogP contribution in [0.4, 0.5) is 19.3 Å². The second kappa shape index (κ2) is 11.9. The molecule has 0 bridgehead atoms. The summed E-state index contributed by atoms with van der Waals surface area (Å²) in [7, 11) is 0. The van der Waals surface area contributed by atoms with E-state index in [0.717, 1.165) is 47.9 Å². The summed E-state index contributed by atoms with van der Waals surface area (Å²) in [6.07, 6.45) is 1.65. The molecule has 0 saturated heterocycles. The van der Waals surface area contributed by atoms with Crippen molar-refractivity contribution in [3.8, 4) is 0 Å². The molecule has 0 aliphatic heterocycles. The molecule has 0 aromatic heterocycles. The summed E-state index contributed by atoms with van der Waals surface area (Å²) in [5.74, 6) is -3.30. The maximum atomic E-state index is 13.7. The van der Waals surface area contributed by atoms with E-state index in [1.807, 2.05) is 24.4 Å². The van der Waals surface area contributed by atoms with Gasteiger partial charge in [-0.05, 0) is 53.9 Å². The molecule has 3 amide bonds. The van der Waals surface area contributed by atoms with Crippen molar-refractivity contribution >= 4 is 34.9 Å². The Morgan fingerprint density at radius 3 is 2.24 bits per heavy atom. The third-order valence-corrected chi connectivity index (χ3v) is 4.95. The molecule has 6 nitrogen and oxygen atoms in total. The number of rotatable bonds is 8. The molecule has 3 aromatic carbocycles. The van der Waals surface area contributed by atoms with E-state index in [0.29, 0.717) is 10.7 Å². The molecule has 176 valence electrons. The minimum atomic E-state index is -1.18. The van der Waals surface area contributed by atoms with Crippen LogP contribution in [-0.4, -0.2) is 17.6 Å². The molecule has 0 aliphatic rings. The van der Waals surface area contributed by atoms with E-state index in [1.165, 1.54) is 0 Å². The molecule has 3 aromatic rings. The Morgan fingerprint density at radius 2 is 1.62 bits per heavy atom. The van der Waals surface area contributed by atoms with Gasteiger partial charge in [-0.2, -0.15) is 0 Å². The second-order valence-electron chi connectivity index (χ2n) is 7.27. The highest BCUT2D eigenvalue weighted by Crippen LogP contribution is 2.15. The maximum absolute atomic E-state index is 13.7. The minimum absolute atomic E-state index is 0.207. The first-order chi connectivity index (χ1) is 16.4. The molecule has 0 radical (unpaired) electrons. The van der Waals surface area contributed by atoms with E-state index in [-0.39, 0.29) is 6.61 Å². The average Bonchev–Trinajstić information content (AvgIpc) is 2.80. The Balaban J connectivity index is 1.55. The SMILES string of the molecule is CCC/C(=N\OCc1ccc(NC(=O)NC(=O)c2c(F)cccc2F)cc1)c1ccc(Cl)cc1. The number of carbonyl (C=O) groups is 2. The van der Waals surface area contributed by atoms with E-state index in [2.05, 4.69) is 10.5 Å². The zero-order valence-corrected chi connectivity index (χ0v) is 19.0. The number of imide groups is 1. The van der Waals surface area contributed by atoms with Crippen LogP contribution in [0.5, 0.6) is 0 Å². The van der Waals surface area contributed by atoms with E-state index in [4.69, 9.17) is 16.4 Å². The number of carbonyl (C=O) groups excluding carboxylic acids is 2. The van der Waals surface area contributed by atoms with Gasteiger partial charge < -0.3 is 10.2 Å². The summed E-state index contributed by atoms with van der Waals surface area (Å²) < 4.78 is 27.3. The highest BCUT2D eigenvalue weighted by Gasteiger charge is 2.19. The van der Waals surface area contributed by atoms with Crippen molar-refractivity contribution in [1.82, 2.24) is 5.32 Å². The fourth-order valence-electron chi connectivity index (χ4n) is 3.03. The average molecular weight is 486 g/mol. The predicted molar refractivity (Wildman–Crippen MR) is 127 cm³/mol. The molecule has 0 unspecified atom stereocenters. The standard InChI is InChI=1S/C25H22ClF2N3O3/c1-2-4-22(17-9-11-18(26)12-10-17)31-34-15-16-7-13-19(14-8-16)29-25(33)30-24(32)23-20(27)5-3-6-21(23)28/h3,5-14H,2,4,15H2,1H3,(H2,29,30,32,33)/b31-22+. The van der Waals surface area contributed by atoms with Gasteiger partial charge in [0.15, 0.2) is 0 Å². The lowest BCUT2D eigenvalue weighted by Gasteiger charge is -2.09. The van der Waals surface area contributed by atoms with Crippen molar-refractivity contribution in [3.63, 3.8) is 0 Å². The van der Waals surface area contributed by atoms with E-state index < -0.39 is 29.1 Å². The van der Waals surface area contributed by atoms with Crippen LogP contribution in [0.15, 0.2) is 71.9 Å². The van der Waals surface area contributed by atoms with Gasteiger partial charge in [-0.1, -0.05) is 60.4 Å². The molecule has 3 rings (SSSR count). The van der Waals surface area contributed by atoms with Crippen LogP contribution in [0.3, 0.4) is 0 Å². The van der Waals surface area contributed by atoms with Crippen LogP contribution in [0.25, 0.3) is 0 Å². The highest BCUT2D eigenvalue weighted by atomic mass is 35.5. The second-order valence-corrected chi connectivity index (χ2v) is 7.71. The Morgan fingerprint density at radius 1 is 0.971 bits per heavy atom. The summed E-state index contributed by atoms with van der Waals surface area (Å²) in [5, 5.41) is 9.23. The van der Waals surface area contributed by atoms with Gasteiger partial charge >= 0.3 is 6.03 Å². The fourth-order valence-corrected chi connectivity index (χ4v) is 3.16. The normalized spacial score (nSPS) is 11.1. The van der Waals surface area contributed by atoms with Gasteiger partial charge in [0.05, 0.1) is 5.71 Å². The van der Waals surface area contributed by atoms with Crippen molar-refractivity contribution in [2.24, 2.45) is 5.16 Å². The number of benzene rings is 3. The van der Waals surface area contributed by atoms with Gasteiger partial charge in [0.1, 0.15) is 23.8 Å². The lowest BCUT2D eigenvalue weighted by molar-refractivity contribution is 0.0959. The molecular weight excluding hydrogens is 464 g/mol. The first-order valence-electron chi connectivity index (χ1n) is 10.5. The predicted octanol–water partition coefficient (Wildman–Crippen LogP) is 6.30. The zero-order chi connectivity index (χ0) is 24.5. The number of nitrogens with zero attached hydrogens (tertiary/aromatic N) is 1. The molecule has 2 N–H and O–H groups in total. The van der Waals surface area contributed by atoms with E-state index in [1.54, 1.807) is 36.4 Å². The molecule has 0 aliphatic carbocycles. The molecule has 0 fully saturated rings. The van der Waals surface area contributed by atoms with E-state index >= 15 is 0 Å². The van der Waals surface area contributed by atoms with Crippen LogP contribution in [-0.2, 0) is 11.4 Å². The molecular formula is C25H22ClF2N3O3. The van der Waals surface area contributed by atoms with Crippen molar-refractivity contribution in [2.75, 3.05) is 5.32 Å². The quantitative estimate of drug-likeness (QED) is 0.290. The van der Waals surface area contributed by atoms with Gasteiger partial charge in [0, 0.05) is 10.7 Å². The van der Waals surface area contributed by atoms with Gasteiger partial charge in [-0.25, -0.2) is 13.6 Å². The first-order valence-corrected chi connectivity index (χ1v) is 10.8. The fraction of sp³-hybridized carbons (Fsp3) is 0.160. The molecule has 0 saturated carbocycles. The maximum Gasteiger partial charge on any atom is 0.326 e. The van der Waals surface area contributed by atoms with Gasteiger partial charge in [-0.15, -0.1) is 0 Å². The smallest absolute Gasteiger partial charge is 0.326 e. The van der Waals surface area contributed by atoms with Crippen LogP contribution >= 0.6 is 11.6 Å². The van der Waals surface area contributed by atoms with Gasteiger partial charge in [0.2, 0.25) is 0 Å². The van der Waals surface area contributed by atoms with Crippen LogP contribution < -0.4 is 10.6 Å². The first kappa shape index (κ1) is 24.9. The highest BCUT2D eigenvalue weighted by molar-refractivity contribution is 6.30. The molecule has 0 atom stereocenters. The Hall–Kier alpha value is -3.78. The number of nitrogens with one attached hydrogen (secondary N) is 2. The summed E-state index contributed by atoms with van der Waals surface area (Å²) in [5.41, 5.74) is 2.09. The molecule has 34 heavy (non-hydrogen) atoms. The number of urea groups is 1. The summed E-state index contributed by atoms with van der Waals surface area (Å²) >= 11 is 5.94. The summed E-state index contributed by atoms with van der Waals surface area (Å²) in [6, 6.07) is 16.1. The number of oxime groups is 1. The van der Waals surface area contributed by atoms with Gasteiger partial charge in [-0.3, -0.25) is 10.1 Å². The summed E-state index contributed by atoms with van der Waals surface area (Å²) in [6.45, 7) is 2.26. The topological polar surface area (TPSA) is 79.8 Å². The number of halogens is 3. The third kappa shape index (κ3) is 6.86. The van der Waals surface area contributed by atoms with Crippen molar-refractivity contribution in [3.05, 3.63) is 100 Å². The monoisotopic (exact) mass is 485 g/mol. The van der Waals surface area contributed by atoms with Crippen LogP contribution in [0, 0.1) is 11.6 Å². The number of hydrogen-bond acceptors (Lipinski definition) is 4. The zero-order valence-electron chi connectivity index (χ0n) is 18.3. The molecule has 0 heterocycles. The Bertz CT molecular complexity index is 1160. The summed E-state index contributed by atoms with van der Waals surface area (Å²) in [4.78, 5) is 29.5. The van der Waals surface area contributed by atoms with Crippen LogP contribution in [0.1, 0.15) is 41.3 Å². The van der Waals surface area contributed by atoms with Gasteiger partial charge in [0.25, 0.3) is 5.91 Å². The third-order valence-electron chi connectivity index (χ3n) is 4.70. The lowest BCUT2D eigenvalue weighted by Crippen LogP contribution is -2.35. The van der Waals surface area contributed by atoms with Crippen molar-refractivity contribution < 1.29 is 23.2 Å². The largest absolute Gasteiger partial charge is 0.391 e. The molecule has 0 spiro atoms. The molecule has 9 heteroatoms. The lowest BCUT2D eigenvalue weighted by atomic mass is 10.1. The number of anilines is 1. The minimum Gasteiger partial charge on any atom is -0.391 e. The van der Waals surface area contributed by atoms with Crippen molar-refractivity contribution in [1.29, 1.82) is 0 Å². The Labute approximate surface area is 200 Å². The van der Waals surface area contributed by atoms with Crippen LogP contribution in [0.2, 0.25) is 5.02 Å². The number of hydrogen-bond donors (Lipinski definition) is 2. The Kier molecular flexibility index (Phi) is 8.70. The number of amides is 3. The van der Waals surface area contributed by atoms with E-state index in [9.17, 15) is 18.4 Å².